The van der Waals surface area contributed by atoms with Gasteiger partial charge in [-0.05, 0) is 12.1 Å². The van der Waals surface area contributed by atoms with Gasteiger partial charge in [-0.25, -0.2) is 4.39 Å². The first kappa shape index (κ1) is 16.7. The highest BCUT2D eigenvalue weighted by Crippen LogP contribution is 2.21. The number of rotatable bonds is 8. The minimum atomic E-state index is -0.743. The van der Waals surface area contributed by atoms with E-state index in [1.54, 1.807) is 0 Å². The van der Waals surface area contributed by atoms with E-state index in [4.69, 9.17) is 16.2 Å². The van der Waals surface area contributed by atoms with E-state index in [1.807, 2.05) is 0 Å². The van der Waals surface area contributed by atoms with Gasteiger partial charge in [0.05, 0.1) is 17.9 Å². The molecule has 0 bridgehead atoms. The third-order valence-electron chi connectivity index (χ3n) is 2.70. The molecule has 0 radical (unpaired) electrons. The molecule has 7 nitrogen and oxygen atoms in total. The molecule has 21 heavy (non-hydrogen) atoms. The molecule has 0 aromatic heterocycles. The number of carbonyl (C=O) groups excluding carboxylic acids is 2. The van der Waals surface area contributed by atoms with Crippen LogP contribution in [-0.4, -0.2) is 38.6 Å². The largest absolute Gasteiger partial charge is 0.398 e. The lowest BCUT2D eigenvalue weighted by molar-refractivity contribution is -0.121. The normalized spacial score (nSPS) is 10.2. The first-order valence-electron chi connectivity index (χ1n) is 6.34. The summed E-state index contributed by atoms with van der Waals surface area (Å²) in [4.78, 5) is 22.6. The van der Waals surface area contributed by atoms with Gasteiger partial charge in [0.25, 0.3) is 5.91 Å². The standard InChI is InChI=1S/C13H19FN4O3/c1-21-5-4-18-12(19)2-3-17-11-6-8(13(16)20)10(15)7-9(11)14/h6-7,17H,2-5,15H2,1H3,(H2,16,20)(H,18,19). The average Bonchev–Trinajstić information content (AvgIpc) is 2.41. The van der Waals surface area contributed by atoms with Crippen molar-refractivity contribution >= 4 is 23.2 Å². The minimum absolute atomic E-state index is 0.0251. The molecule has 0 atom stereocenters. The van der Waals surface area contributed by atoms with E-state index in [1.165, 1.54) is 13.2 Å². The van der Waals surface area contributed by atoms with E-state index in [0.29, 0.717) is 13.2 Å². The lowest BCUT2D eigenvalue weighted by Gasteiger charge is -2.10. The molecule has 0 aliphatic carbocycles. The van der Waals surface area contributed by atoms with Crippen LogP contribution in [-0.2, 0) is 9.53 Å². The van der Waals surface area contributed by atoms with E-state index in [-0.39, 0.29) is 35.8 Å². The Morgan fingerprint density at radius 2 is 2.05 bits per heavy atom. The molecule has 2 amide bonds. The number of hydrogen-bond donors (Lipinski definition) is 4. The van der Waals surface area contributed by atoms with Crippen LogP contribution >= 0.6 is 0 Å². The van der Waals surface area contributed by atoms with Gasteiger partial charge in [0.2, 0.25) is 5.91 Å². The molecule has 116 valence electrons. The molecular weight excluding hydrogens is 279 g/mol. The number of ether oxygens (including phenoxy) is 1. The summed E-state index contributed by atoms with van der Waals surface area (Å²) in [6.07, 6.45) is 0.152. The van der Waals surface area contributed by atoms with E-state index >= 15 is 0 Å². The second-order valence-corrected chi connectivity index (χ2v) is 4.30. The number of benzene rings is 1. The van der Waals surface area contributed by atoms with Crippen LogP contribution in [0.15, 0.2) is 12.1 Å². The number of amides is 2. The highest BCUT2D eigenvalue weighted by molar-refractivity contribution is 5.99. The van der Waals surface area contributed by atoms with Gasteiger partial charge in [0.1, 0.15) is 5.82 Å². The molecule has 0 fully saturated rings. The Labute approximate surface area is 121 Å². The van der Waals surface area contributed by atoms with Gasteiger partial charge in [0.15, 0.2) is 0 Å². The van der Waals surface area contributed by atoms with Crippen molar-refractivity contribution in [1.82, 2.24) is 5.32 Å². The minimum Gasteiger partial charge on any atom is -0.398 e. The second kappa shape index (κ2) is 8.05. The maximum atomic E-state index is 13.7. The highest BCUT2D eigenvalue weighted by atomic mass is 19.1. The maximum Gasteiger partial charge on any atom is 0.250 e. The molecule has 0 spiro atoms. The molecule has 6 N–H and O–H groups in total. The molecule has 1 aromatic carbocycles. The Morgan fingerprint density at radius 3 is 2.67 bits per heavy atom. The molecule has 0 heterocycles. The summed E-state index contributed by atoms with van der Waals surface area (Å²) < 4.78 is 18.4. The van der Waals surface area contributed by atoms with Crippen LogP contribution in [0.2, 0.25) is 0 Å². The van der Waals surface area contributed by atoms with Crippen molar-refractivity contribution in [3.05, 3.63) is 23.5 Å². The van der Waals surface area contributed by atoms with E-state index in [2.05, 4.69) is 10.6 Å². The summed E-state index contributed by atoms with van der Waals surface area (Å²) in [5.74, 6) is -1.55. The lowest BCUT2D eigenvalue weighted by Crippen LogP contribution is -2.28. The molecule has 0 aliphatic heterocycles. The van der Waals surface area contributed by atoms with E-state index < -0.39 is 11.7 Å². The number of carbonyl (C=O) groups is 2. The average molecular weight is 298 g/mol. The third kappa shape index (κ3) is 5.27. The van der Waals surface area contributed by atoms with Crippen molar-refractivity contribution in [2.24, 2.45) is 5.73 Å². The monoisotopic (exact) mass is 298 g/mol. The predicted molar refractivity (Wildman–Crippen MR) is 77.3 cm³/mol. The first-order chi connectivity index (χ1) is 9.95. The first-order valence-corrected chi connectivity index (χ1v) is 6.34. The number of nitrogens with one attached hydrogen (secondary N) is 2. The molecule has 0 unspecified atom stereocenters. The fourth-order valence-corrected chi connectivity index (χ4v) is 1.63. The van der Waals surface area contributed by atoms with Crippen LogP contribution in [0.4, 0.5) is 15.8 Å². The Bertz CT molecular complexity index is 522. The van der Waals surface area contributed by atoms with Crippen molar-refractivity contribution in [3.8, 4) is 0 Å². The molecule has 0 saturated carbocycles. The summed E-state index contributed by atoms with van der Waals surface area (Å²) in [5, 5.41) is 5.36. The van der Waals surface area contributed by atoms with Crippen molar-refractivity contribution in [3.63, 3.8) is 0 Å². The molecule has 0 aliphatic rings. The van der Waals surface area contributed by atoms with Crippen molar-refractivity contribution in [1.29, 1.82) is 0 Å². The van der Waals surface area contributed by atoms with Crippen molar-refractivity contribution < 1.29 is 18.7 Å². The van der Waals surface area contributed by atoms with E-state index in [0.717, 1.165) is 6.07 Å². The summed E-state index contributed by atoms with van der Waals surface area (Å²) in [7, 11) is 1.54. The van der Waals surface area contributed by atoms with Gasteiger partial charge in [-0.3, -0.25) is 9.59 Å². The number of anilines is 2. The van der Waals surface area contributed by atoms with Gasteiger partial charge in [-0.1, -0.05) is 0 Å². The Balaban J connectivity index is 2.54. The zero-order chi connectivity index (χ0) is 15.8. The van der Waals surface area contributed by atoms with Gasteiger partial charge < -0.3 is 26.8 Å². The SMILES string of the molecule is COCCNC(=O)CCNc1cc(C(N)=O)c(N)cc1F. The fraction of sp³-hybridized carbons (Fsp3) is 0.385. The van der Waals surface area contributed by atoms with Crippen molar-refractivity contribution in [2.75, 3.05) is 37.9 Å². The molecule has 8 heteroatoms. The smallest absolute Gasteiger partial charge is 0.250 e. The predicted octanol–water partition coefficient (Wildman–Crippen LogP) is 0.0714. The second-order valence-electron chi connectivity index (χ2n) is 4.30. The fourth-order valence-electron chi connectivity index (χ4n) is 1.63. The molecule has 0 saturated heterocycles. The molecule has 1 rings (SSSR count). The van der Waals surface area contributed by atoms with Crippen LogP contribution < -0.4 is 22.1 Å². The Morgan fingerprint density at radius 1 is 1.33 bits per heavy atom. The Hall–Kier alpha value is -2.35. The molecular formula is C13H19FN4O3. The summed E-state index contributed by atoms with van der Waals surface area (Å²) in [6, 6.07) is 2.25. The van der Waals surface area contributed by atoms with Crippen LogP contribution in [0, 0.1) is 5.82 Å². The van der Waals surface area contributed by atoms with Gasteiger partial charge in [0, 0.05) is 32.3 Å². The maximum absolute atomic E-state index is 13.7. The number of nitrogen functional groups attached to an aromatic ring is 1. The van der Waals surface area contributed by atoms with Gasteiger partial charge in [-0.15, -0.1) is 0 Å². The Kier molecular flexibility index (Phi) is 6.41. The third-order valence-corrected chi connectivity index (χ3v) is 2.70. The van der Waals surface area contributed by atoms with Crippen LogP contribution in [0.5, 0.6) is 0 Å². The number of primary amides is 1. The van der Waals surface area contributed by atoms with Crippen LogP contribution in [0.1, 0.15) is 16.8 Å². The highest BCUT2D eigenvalue weighted by Gasteiger charge is 2.12. The number of nitrogens with two attached hydrogens (primary N) is 2. The molecule has 1 aromatic rings. The lowest BCUT2D eigenvalue weighted by atomic mass is 10.1. The number of halogens is 1. The topological polar surface area (TPSA) is 119 Å². The summed E-state index contributed by atoms with van der Waals surface area (Å²) >= 11 is 0. The number of methoxy groups -OCH3 is 1. The summed E-state index contributed by atoms with van der Waals surface area (Å²) in [5.41, 5.74) is 10.7. The zero-order valence-corrected chi connectivity index (χ0v) is 11.7. The van der Waals surface area contributed by atoms with Gasteiger partial charge in [-0.2, -0.15) is 0 Å². The number of hydrogen-bond acceptors (Lipinski definition) is 5. The van der Waals surface area contributed by atoms with Gasteiger partial charge >= 0.3 is 0 Å². The zero-order valence-electron chi connectivity index (χ0n) is 11.7. The van der Waals surface area contributed by atoms with Crippen LogP contribution in [0.25, 0.3) is 0 Å². The van der Waals surface area contributed by atoms with Crippen molar-refractivity contribution in [2.45, 2.75) is 6.42 Å². The summed E-state index contributed by atoms with van der Waals surface area (Å²) in [6.45, 7) is 1.04. The van der Waals surface area contributed by atoms with Crippen LogP contribution in [0.3, 0.4) is 0 Å². The quantitative estimate of drug-likeness (QED) is 0.400. The van der Waals surface area contributed by atoms with E-state index in [9.17, 15) is 14.0 Å².